The van der Waals surface area contributed by atoms with Gasteiger partial charge in [0.25, 0.3) is 0 Å². The summed E-state index contributed by atoms with van der Waals surface area (Å²) >= 11 is 0. The van der Waals surface area contributed by atoms with Crippen LogP contribution in [0, 0.1) is 11.3 Å². The van der Waals surface area contributed by atoms with Gasteiger partial charge in [0, 0.05) is 18.0 Å². The second-order valence-electron chi connectivity index (χ2n) is 11.7. The van der Waals surface area contributed by atoms with Crippen molar-refractivity contribution in [3.8, 4) is 62.0 Å². The highest BCUT2D eigenvalue weighted by atomic mass is 14.8. The lowest BCUT2D eigenvalue weighted by atomic mass is 9.70. The molecule has 0 atom stereocenters. The van der Waals surface area contributed by atoms with Crippen molar-refractivity contribution in [2.45, 2.75) is 5.41 Å². The van der Waals surface area contributed by atoms with Crippen LogP contribution in [-0.4, -0.2) is 9.97 Å². The number of fused-ring (bicyclic) bond motifs is 10. The maximum Gasteiger partial charge on any atom is 0.0992 e. The number of rotatable bonds is 3. The third-order valence-electron chi connectivity index (χ3n) is 9.45. The zero-order valence-electron chi connectivity index (χ0n) is 24.3. The van der Waals surface area contributed by atoms with Crippen LogP contribution in [0.4, 0.5) is 0 Å². The zero-order chi connectivity index (χ0) is 30.0. The summed E-state index contributed by atoms with van der Waals surface area (Å²) in [6, 6.07) is 52.1. The first-order valence-corrected chi connectivity index (χ1v) is 15.1. The van der Waals surface area contributed by atoms with Crippen LogP contribution in [0.3, 0.4) is 0 Å². The van der Waals surface area contributed by atoms with Gasteiger partial charge in [0.2, 0.25) is 0 Å². The Morgan fingerprint density at radius 3 is 1.64 bits per heavy atom. The third kappa shape index (κ3) is 3.63. The van der Waals surface area contributed by atoms with Gasteiger partial charge in [-0.2, -0.15) is 5.26 Å². The van der Waals surface area contributed by atoms with Crippen molar-refractivity contribution in [3.05, 3.63) is 180 Å². The van der Waals surface area contributed by atoms with Crippen molar-refractivity contribution in [2.24, 2.45) is 0 Å². The highest BCUT2D eigenvalue weighted by molar-refractivity contribution is 5.97. The molecule has 3 heteroatoms. The Hall–Kier alpha value is -6.11. The number of nitriles is 1. The standard InChI is InChI=1S/C42H25N3/c43-25-27-20-21-44-41(22-27)40-19-16-31(26-45-40)30-15-18-39-35(24-30)34-23-29(28-8-2-1-3-9-28)14-17-38(34)42(39)36-12-6-4-10-32(36)33-11-5-7-13-37(33)42/h1-24,26H. The summed E-state index contributed by atoms with van der Waals surface area (Å²) in [6.07, 6.45) is 3.56. The van der Waals surface area contributed by atoms with E-state index in [0.29, 0.717) is 11.3 Å². The maximum absolute atomic E-state index is 9.32. The van der Waals surface area contributed by atoms with Gasteiger partial charge in [-0.3, -0.25) is 9.97 Å². The summed E-state index contributed by atoms with van der Waals surface area (Å²) in [5.41, 5.74) is 16.6. The number of hydrogen-bond donors (Lipinski definition) is 0. The van der Waals surface area contributed by atoms with Crippen molar-refractivity contribution < 1.29 is 0 Å². The fourth-order valence-electron chi connectivity index (χ4n) is 7.49. The van der Waals surface area contributed by atoms with Crippen LogP contribution >= 0.6 is 0 Å². The number of hydrogen-bond acceptors (Lipinski definition) is 3. The smallest absolute Gasteiger partial charge is 0.0992 e. The molecular formula is C42H25N3. The van der Waals surface area contributed by atoms with E-state index < -0.39 is 0 Å². The van der Waals surface area contributed by atoms with Crippen LogP contribution in [-0.2, 0) is 5.41 Å². The molecule has 45 heavy (non-hydrogen) atoms. The van der Waals surface area contributed by atoms with E-state index in [1.54, 1.807) is 18.3 Å². The predicted octanol–water partition coefficient (Wildman–Crippen LogP) is 9.69. The lowest BCUT2D eigenvalue weighted by molar-refractivity contribution is 0.794. The van der Waals surface area contributed by atoms with Crippen molar-refractivity contribution in [2.75, 3.05) is 0 Å². The van der Waals surface area contributed by atoms with Crippen LogP contribution in [0.1, 0.15) is 27.8 Å². The molecule has 2 aliphatic carbocycles. The molecule has 1 spiro atoms. The molecule has 9 rings (SSSR count). The van der Waals surface area contributed by atoms with E-state index in [4.69, 9.17) is 4.98 Å². The molecule has 2 aromatic heterocycles. The number of benzene rings is 5. The predicted molar refractivity (Wildman–Crippen MR) is 179 cm³/mol. The van der Waals surface area contributed by atoms with Gasteiger partial charge in [0.15, 0.2) is 0 Å². The summed E-state index contributed by atoms with van der Waals surface area (Å²) in [7, 11) is 0. The van der Waals surface area contributed by atoms with Crippen LogP contribution in [0.25, 0.3) is 55.9 Å². The van der Waals surface area contributed by atoms with Gasteiger partial charge >= 0.3 is 0 Å². The SMILES string of the molecule is N#Cc1ccnc(-c2ccc(-c3ccc4c(c3)-c3cc(-c5ccccc5)ccc3C43c4ccccc4-c4ccccc43)cn2)c1. The summed E-state index contributed by atoms with van der Waals surface area (Å²) in [6.45, 7) is 0. The van der Waals surface area contributed by atoms with Gasteiger partial charge in [0.05, 0.1) is 28.4 Å². The van der Waals surface area contributed by atoms with Gasteiger partial charge in [-0.1, -0.05) is 109 Å². The molecule has 0 bridgehead atoms. The average molecular weight is 572 g/mol. The minimum absolute atomic E-state index is 0.384. The molecule has 2 heterocycles. The topological polar surface area (TPSA) is 49.6 Å². The van der Waals surface area contributed by atoms with E-state index in [1.165, 1.54) is 55.6 Å². The first-order valence-electron chi connectivity index (χ1n) is 15.1. The second-order valence-corrected chi connectivity index (χ2v) is 11.7. The molecule has 0 unspecified atom stereocenters. The van der Waals surface area contributed by atoms with Gasteiger partial charge < -0.3 is 0 Å². The lowest BCUT2D eigenvalue weighted by Crippen LogP contribution is -2.25. The molecule has 0 saturated carbocycles. The Balaban J connectivity index is 1.26. The minimum Gasteiger partial charge on any atom is -0.255 e. The molecular weight excluding hydrogens is 546 g/mol. The van der Waals surface area contributed by atoms with Gasteiger partial charge in [-0.15, -0.1) is 0 Å². The van der Waals surface area contributed by atoms with E-state index in [2.05, 4.69) is 132 Å². The van der Waals surface area contributed by atoms with Crippen molar-refractivity contribution >= 4 is 0 Å². The zero-order valence-corrected chi connectivity index (χ0v) is 24.3. The highest BCUT2D eigenvalue weighted by Gasteiger charge is 2.51. The van der Waals surface area contributed by atoms with Crippen molar-refractivity contribution in [1.29, 1.82) is 5.26 Å². The molecule has 2 aliphatic rings. The molecule has 0 amide bonds. The van der Waals surface area contributed by atoms with Crippen LogP contribution < -0.4 is 0 Å². The highest BCUT2D eigenvalue weighted by Crippen LogP contribution is 2.63. The number of pyridine rings is 2. The van der Waals surface area contributed by atoms with Crippen molar-refractivity contribution in [1.82, 2.24) is 9.97 Å². The molecule has 3 nitrogen and oxygen atoms in total. The molecule has 0 aliphatic heterocycles. The Morgan fingerprint density at radius 1 is 0.444 bits per heavy atom. The number of nitrogens with zero attached hydrogens (tertiary/aromatic N) is 3. The largest absolute Gasteiger partial charge is 0.255 e. The molecule has 0 radical (unpaired) electrons. The Labute approximate surface area is 261 Å². The Kier molecular flexibility index (Phi) is 5.48. The van der Waals surface area contributed by atoms with Crippen LogP contribution in [0.2, 0.25) is 0 Å². The Bertz CT molecular complexity index is 2280. The Morgan fingerprint density at radius 2 is 1.02 bits per heavy atom. The van der Waals surface area contributed by atoms with Crippen molar-refractivity contribution in [3.63, 3.8) is 0 Å². The summed E-state index contributed by atoms with van der Waals surface area (Å²) in [5, 5.41) is 9.32. The van der Waals surface area contributed by atoms with E-state index in [1.807, 2.05) is 12.3 Å². The first-order chi connectivity index (χ1) is 22.3. The fraction of sp³-hybridized carbons (Fsp3) is 0.0238. The second kappa shape index (κ2) is 9.71. The lowest BCUT2D eigenvalue weighted by Gasteiger charge is -2.30. The van der Waals surface area contributed by atoms with E-state index >= 15 is 0 Å². The summed E-state index contributed by atoms with van der Waals surface area (Å²) in [5.74, 6) is 0. The van der Waals surface area contributed by atoms with Gasteiger partial charge in [-0.05, 0) is 91.5 Å². The van der Waals surface area contributed by atoms with E-state index in [9.17, 15) is 5.26 Å². The average Bonchev–Trinajstić information content (AvgIpc) is 3.58. The molecule has 208 valence electrons. The molecule has 0 N–H and O–H groups in total. The quantitative estimate of drug-likeness (QED) is 0.212. The fourth-order valence-corrected chi connectivity index (χ4v) is 7.49. The molecule has 0 fully saturated rings. The third-order valence-corrected chi connectivity index (χ3v) is 9.45. The van der Waals surface area contributed by atoms with E-state index in [-0.39, 0.29) is 5.41 Å². The van der Waals surface area contributed by atoms with Crippen LogP contribution in [0.5, 0.6) is 0 Å². The molecule has 7 aromatic rings. The van der Waals surface area contributed by atoms with Gasteiger partial charge in [-0.25, -0.2) is 0 Å². The van der Waals surface area contributed by atoms with E-state index in [0.717, 1.165) is 16.8 Å². The van der Waals surface area contributed by atoms with Gasteiger partial charge in [0.1, 0.15) is 0 Å². The molecule has 5 aromatic carbocycles. The minimum atomic E-state index is -0.384. The monoisotopic (exact) mass is 571 g/mol. The van der Waals surface area contributed by atoms with Crippen LogP contribution in [0.15, 0.2) is 152 Å². The summed E-state index contributed by atoms with van der Waals surface area (Å²) < 4.78 is 0. The number of aromatic nitrogens is 2. The molecule has 0 saturated heterocycles. The normalized spacial score (nSPS) is 13.0. The first kappa shape index (κ1) is 25.4. The maximum atomic E-state index is 9.32. The summed E-state index contributed by atoms with van der Waals surface area (Å²) in [4.78, 5) is 9.18.